The van der Waals surface area contributed by atoms with Gasteiger partial charge in [-0.15, -0.1) is 10.2 Å². The minimum Gasteiger partial charge on any atom is -0.420 e. The summed E-state index contributed by atoms with van der Waals surface area (Å²) in [5.41, 5.74) is 0.358. The number of hydrogen-bond donors (Lipinski definition) is 0. The Balaban J connectivity index is 1.95. The molecular formula is C13H11BrN2O2. The maximum absolute atomic E-state index is 11.6. The van der Waals surface area contributed by atoms with Crippen LogP contribution in [0, 0.1) is 0 Å². The Bertz CT molecular complexity index is 600. The number of benzene rings is 1. The fourth-order valence-corrected chi connectivity index (χ4v) is 2.23. The summed E-state index contributed by atoms with van der Waals surface area (Å²) in [5, 5.41) is 8.04. The lowest BCUT2D eigenvalue weighted by atomic mass is 10.0. The minimum absolute atomic E-state index is 0.105. The van der Waals surface area contributed by atoms with Crippen LogP contribution < -0.4 is 0 Å². The van der Waals surface area contributed by atoms with Crippen molar-refractivity contribution in [2.45, 2.75) is 25.2 Å². The molecule has 1 fully saturated rings. The molecule has 1 aromatic heterocycles. The van der Waals surface area contributed by atoms with E-state index in [0.717, 1.165) is 22.9 Å². The highest BCUT2D eigenvalue weighted by atomic mass is 79.9. The Morgan fingerprint density at radius 2 is 1.94 bits per heavy atom. The molecule has 0 spiro atoms. The zero-order valence-electron chi connectivity index (χ0n) is 9.81. The number of carbonyl (C=O) groups excluding carboxylic acids is 1. The summed E-state index contributed by atoms with van der Waals surface area (Å²) >= 11 is 3.37. The first-order chi connectivity index (χ1) is 8.62. The van der Waals surface area contributed by atoms with E-state index in [0.29, 0.717) is 11.8 Å². The molecule has 1 saturated carbocycles. The quantitative estimate of drug-likeness (QED) is 0.874. The monoisotopic (exact) mass is 306 g/mol. The van der Waals surface area contributed by atoms with Gasteiger partial charge in [-0.3, -0.25) is 4.79 Å². The highest BCUT2D eigenvalue weighted by Crippen LogP contribution is 2.48. The molecule has 0 saturated heterocycles. The zero-order valence-corrected chi connectivity index (χ0v) is 11.4. The average Bonchev–Trinajstić information content (AvgIpc) is 3.03. The summed E-state index contributed by atoms with van der Waals surface area (Å²) in [6, 6.07) is 7.62. The summed E-state index contributed by atoms with van der Waals surface area (Å²) in [7, 11) is 0. The maximum Gasteiger partial charge on any atom is 0.247 e. The SMILES string of the molecule is CC(=O)C1(c2nnc(-c3ccc(Br)cc3)o2)CC1. The number of carbonyl (C=O) groups is 1. The van der Waals surface area contributed by atoms with Gasteiger partial charge in [0.05, 0.1) is 0 Å². The topological polar surface area (TPSA) is 56.0 Å². The molecule has 1 aliphatic rings. The number of halogens is 1. The predicted octanol–water partition coefficient (Wildman–Crippen LogP) is 3.12. The van der Waals surface area contributed by atoms with Crippen LogP contribution in [0.2, 0.25) is 0 Å². The normalized spacial score (nSPS) is 16.6. The highest BCUT2D eigenvalue weighted by Gasteiger charge is 2.53. The van der Waals surface area contributed by atoms with Gasteiger partial charge in [0.1, 0.15) is 11.2 Å². The highest BCUT2D eigenvalue weighted by molar-refractivity contribution is 9.10. The van der Waals surface area contributed by atoms with Crippen LogP contribution >= 0.6 is 15.9 Å². The molecule has 0 aliphatic heterocycles. The summed E-state index contributed by atoms with van der Waals surface area (Å²) in [6.07, 6.45) is 1.62. The van der Waals surface area contributed by atoms with Crippen molar-refractivity contribution < 1.29 is 9.21 Å². The molecule has 18 heavy (non-hydrogen) atoms. The van der Waals surface area contributed by atoms with Crippen molar-refractivity contribution in [3.05, 3.63) is 34.6 Å². The van der Waals surface area contributed by atoms with Gasteiger partial charge in [-0.2, -0.15) is 0 Å². The Morgan fingerprint density at radius 1 is 1.28 bits per heavy atom. The molecular weight excluding hydrogens is 296 g/mol. The molecule has 1 aliphatic carbocycles. The Hall–Kier alpha value is -1.49. The van der Waals surface area contributed by atoms with Gasteiger partial charge in [0.2, 0.25) is 11.8 Å². The molecule has 92 valence electrons. The zero-order chi connectivity index (χ0) is 12.8. The van der Waals surface area contributed by atoms with Gasteiger partial charge in [-0.1, -0.05) is 15.9 Å². The van der Waals surface area contributed by atoms with Crippen molar-refractivity contribution in [3.63, 3.8) is 0 Å². The van der Waals surface area contributed by atoms with Gasteiger partial charge in [-0.25, -0.2) is 0 Å². The average molecular weight is 307 g/mol. The van der Waals surface area contributed by atoms with Crippen LogP contribution in [0.25, 0.3) is 11.5 Å². The molecule has 3 rings (SSSR count). The van der Waals surface area contributed by atoms with Gasteiger partial charge in [-0.05, 0) is 44.0 Å². The Kier molecular flexibility index (Phi) is 2.59. The molecule has 4 nitrogen and oxygen atoms in total. The third-order valence-corrected chi connectivity index (χ3v) is 3.88. The van der Waals surface area contributed by atoms with E-state index in [2.05, 4.69) is 26.1 Å². The number of rotatable bonds is 3. The van der Waals surface area contributed by atoms with Crippen LogP contribution in [0.4, 0.5) is 0 Å². The summed E-state index contributed by atoms with van der Waals surface area (Å²) in [6.45, 7) is 1.58. The molecule has 0 radical (unpaired) electrons. The smallest absolute Gasteiger partial charge is 0.247 e. The van der Waals surface area contributed by atoms with Crippen LogP contribution in [0.5, 0.6) is 0 Å². The summed E-state index contributed by atoms with van der Waals surface area (Å²) in [4.78, 5) is 11.6. The number of aromatic nitrogens is 2. The second kappa shape index (κ2) is 4.02. The van der Waals surface area contributed by atoms with Crippen molar-refractivity contribution >= 4 is 21.7 Å². The lowest BCUT2D eigenvalue weighted by Crippen LogP contribution is -2.17. The van der Waals surface area contributed by atoms with Gasteiger partial charge in [0, 0.05) is 10.0 Å². The number of Topliss-reactive ketones (excluding diaryl/α,β-unsaturated/α-hetero) is 1. The van der Waals surface area contributed by atoms with Crippen LogP contribution in [-0.2, 0) is 10.2 Å². The first kappa shape index (κ1) is 11.6. The third-order valence-electron chi connectivity index (χ3n) is 3.35. The molecule has 0 N–H and O–H groups in total. The fraction of sp³-hybridized carbons (Fsp3) is 0.308. The second-order valence-corrected chi connectivity index (χ2v) is 5.47. The standard InChI is InChI=1S/C13H11BrN2O2/c1-8(17)13(6-7-13)12-16-15-11(18-12)9-2-4-10(14)5-3-9/h2-5H,6-7H2,1H3. The number of hydrogen-bond acceptors (Lipinski definition) is 4. The molecule has 1 aromatic carbocycles. The fourth-order valence-electron chi connectivity index (χ4n) is 1.97. The van der Waals surface area contributed by atoms with E-state index in [1.54, 1.807) is 6.92 Å². The first-order valence-electron chi connectivity index (χ1n) is 5.73. The molecule has 0 amide bonds. The molecule has 0 bridgehead atoms. The second-order valence-electron chi connectivity index (χ2n) is 4.56. The molecule has 5 heteroatoms. The molecule has 1 heterocycles. The number of nitrogens with zero attached hydrogens (tertiary/aromatic N) is 2. The van der Waals surface area contributed by atoms with Gasteiger partial charge < -0.3 is 4.42 Å². The number of ketones is 1. The van der Waals surface area contributed by atoms with Gasteiger partial charge in [0.15, 0.2) is 0 Å². The summed E-state index contributed by atoms with van der Waals surface area (Å²) < 4.78 is 6.63. The van der Waals surface area contributed by atoms with E-state index in [-0.39, 0.29) is 5.78 Å². The lowest BCUT2D eigenvalue weighted by Gasteiger charge is -2.03. The third kappa shape index (κ3) is 1.79. The Morgan fingerprint density at radius 3 is 2.50 bits per heavy atom. The largest absolute Gasteiger partial charge is 0.420 e. The van der Waals surface area contributed by atoms with E-state index in [4.69, 9.17) is 4.42 Å². The van der Waals surface area contributed by atoms with Crippen molar-refractivity contribution in [2.24, 2.45) is 0 Å². The van der Waals surface area contributed by atoms with Crippen LogP contribution in [0.15, 0.2) is 33.2 Å². The summed E-state index contributed by atoms with van der Waals surface area (Å²) in [5.74, 6) is 1.02. The van der Waals surface area contributed by atoms with Crippen molar-refractivity contribution in [3.8, 4) is 11.5 Å². The van der Waals surface area contributed by atoms with E-state index in [1.807, 2.05) is 24.3 Å². The molecule has 0 atom stereocenters. The van der Waals surface area contributed by atoms with E-state index in [9.17, 15) is 4.79 Å². The van der Waals surface area contributed by atoms with Gasteiger partial charge >= 0.3 is 0 Å². The van der Waals surface area contributed by atoms with E-state index >= 15 is 0 Å². The van der Waals surface area contributed by atoms with Crippen LogP contribution in [0.1, 0.15) is 25.7 Å². The van der Waals surface area contributed by atoms with E-state index in [1.165, 1.54) is 0 Å². The maximum atomic E-state index is 11.6. The predicted molar refractivity (Wildman–Crippen MR) is 69.0 cm³/mol. The van der Waals surface area contributed by atoms with Gasteiger partial charge in [0.25, 0.3) is 0 Å². The van der Waals surface area contributed by atoms with Crippen molar-refractivity contribution in [1.82, 2.24) is 10.2 Å². The minimum atomic E-state index is -0.499. The first-order valence-corrected chi connectivity index (χ1v) is 6.52. The molecule has 0 unspecified atom stereocenters. The van der Waals surface area contributed by atoms with Crippen LogP contribution in [0.3, 0.4) is 0 Å². The molecule has 2 aromatic rings. The van der Waals surface area contributed by atoms with Crippen LogP contribution in [-0.4, -0.2) is 16.0 Å². The van der Waals surface area contributed by atoms with E-state index < -0.39 is 5.41 Å². The Labute approximate surface area is 113 Å². The van der Waals surface area contributed by atoms with Crippen molar-refractivity contribution in [1.29, 1.82) is 0 Å². The lowest BCUT2D eigenvalue weighted by molar-refractivity contribution is -0.119. The van der Waals surface area contributed by atoms with Crippen molar-refractivity contribution in [2.75, 3.05) is 0 Å².